The third kappa shape index (κ3) is 13.0. The summed E-state index contributed by atoms with van der Waals surface area (Å²) in [6.45, 7) is 4.01. The van der Waals surface area contributed by atoms with Crippen molar-refractivity contribution < 1.29 is 64.6 Å². The van der Waals surface area contributed by atoms with Crippen LogP contribution in [0.25, 0.3) is 0 Å². The molecule has 4 aliphatic rings. The van der Waals surface area contributed by atoms with E-state index in [4.69, 9.17) is 51.9 Å². The number of carbonyl (C=O) groups is 2. The number of rotatable bonds is 6. The average molecular weight is 1100 g/mol. The number of nitrogens with zero attached hydrogens (tertiary/aromatic N) is 4. The molecule has 12 nitrogen and oxygen atoms in total. The number of hydrogen-bond acceptors (Lipinski definition) is 10. The van der Waals surface area contributed by atoms with E-state index in [9.17, 15) is 35.9 Å². The molecule has 0 unspecified atom stereocenters. The summed E-state index contributed by atoms with van der Waals surface area (Å²) >= 11 is 18.5. The molecule has 0 atom stereocenters. The van der Waals surface area contributed by atoms with Crippen molar-refractivity contribution in [1.29, 1.82) is 0 Å². The van der Waals surface area contributed by atoms with Crippen LogP contribution in [0.3, 0.4) is 0 Å². The highest BCUT2D eigenvalue weighted by Crippen LogP contribution is 2.42. The predicted octanol–water partition coefficient (Wildman–Crippen LogP) is 11.1. The molecule has 4 aliphatic heterocycles. The molecule has 4 heterocycles. The van der Waals surface area contributed by atoms with Crippen LogP contribution < -0.4 is 9.80 Å². The smallest absolute Gasteiger partial charge is 0.417 e. The first-order valence-corrected chi connectivity index (χ1v) is 22.2. The second-order valence-corrected chi connectivity index (χ2v) is 18.0. The molecule has 2 spiro atoms. The number of amides is 2. The van der Waals surface area contributed by atoms with Crippen molar-refractivity contribution in [2.45, 2.75) is 62.3 Å². The van der Waals surface area contributed by atoms with E-state index in [2.05, 4.69) is 36.8 Å². The maximum absolute atomic E-state index is 13.2. The lowest BCUT2D eigenvalue weighted by Crippen LogP contribution is -2.46. The Labute approximate surface area is 400 Å². The van der Waals surface area contributed by atoms with E-state index < -0.39 is 34.7 Å². The summed E-state index contributed by atoms with van der Waals surface area (Å²) in [7, 11) is 0. The molecule has 0 aliphatic carbocycles. The number of likely N-dealkylation sites (tertiary alicyclic amines) is 2. The topological polar surface area (TPSA) is 134 Å². The van der Waals surface area contributed by atoms with Crippen LogP contribution in [0.5, 0.6) is 0 Å². The van der Waals surface area contributed by atoms with Crippen molar-refractivity contribution in [3.63, 3.8) is 0 Å². The maximum Gasteiger partial charge on any atom is 0.417 e. The van der Waals surface area contributed by atoms with Gasteiger partial charge in [-0.25, -0.2) is 9.59 Å². The zero-order valence-corrected chi connectivity index (χ0v) is 39.1. The highest BCUT2D eigenvalue weighted by Gasteiger charge is 2.49. The lowest BCUT2D eigenvalue weighted by atomic mass is 9.91. The fraction of sp³-hybridized carbons (Fsp3) is 0.364. The summed E-state index contributed by atoms with van der Waals surface area (Å²) in [5.74, 6) is 0. The monoisotopic (exact) mass is 1090 g/mol. The van der Waals surface area contributed by atoms with Gasteiger partial charge in [0.05, 0.1) is 34.3 Å². The molecule has 22 heteroatoms. The highest BCUT2D eigenvalue weighted by molar-refractivity contribution is 9.10. The molecule has 0 aromatic heterocycles. The molecule has 4 fully saturated rings. The van der Waals surface area contributed by atoms with Crippen LogP contribution >= 0.6 is 55.1 Å². The Morgan fingerprint density at radius 3 is 1.41 bits per heavy atom. The lowest BCUT2D eigenvalue weighted by Gasteiger charge is -2.37. The third-order valence-electron chi connectivity index (χ3n) is 11.3. The normalized spacial score (nSPS) is 17.8. The SMILES string of the molecule is O=C1OC2(CCN(Cc3c(Br)ccc(C(F)(F)F)c3Cl)CC2)CN1c1ccccc1.O=C1OC2(CCN(Cc3cc(C(F)(F)F)c(Cl)cc3Br)CC2)CN1c1ccccc1.O=C=O.O=C=O. The second kappa shape index (κ2) is 22.3. The number of benzene rings is 4. The van der Waals surface area contributed by atoms with Gasteiger partial charge in [-0.1, -0.05) is 91.5 Å². The van der Waals surface area contributed by atoms with Gasteiger partial charge < -0.3 is 9.47 Å². The van der Waals surface area contributed by atoms with Gasteiger partial charge in [0.2, 0.25) is 0 Å². The first-order valence-electron chi connectivity index (χ1n) is 19.8. The molecule has 66 heavy (non-hydrogen) atoms. The largest absolute Gasteiger partial charge is 0.441 e. The summed E-state index contributed by atoms with van der Waals surface area (Å²) < 4.78 is 91.7. The van der Waals surface area contributed by atoms with Gasteiger partial charge in [0.1, 0.15) is 11.2 Å². The molecule has 0 N–H and O–H groups in total. The summed E-state index contributed by atoms with van der Waals surface area (Å²) in [6, 6.07) is 23.5. The van der Waals surface area contributed by atoms with Crippen LogP contribution in [-0.4, -0.2) is 84.8 Å². The molecule has 0 saturated carbocycles. The predicted molar refractivity (Wildman–Crippen MR) is 233 cm³/mol. The van der Waals surface area contributed by atoms with Gasteiger partial charge in [0, 0.05) is 85.3 Å². The van der Waals surface area contributed by atoms with Gasteiger partial charge >= 0.3 is 36.8 Å². The minimum atomic E-state index is -4.50. The van der Waals surface area contributed by atoms with Crippen molar-refractivity contribution in [2.24, 2.45) is 0 Å². The Kier molecular flexibility index (Phi) is 17.7. The first kappa shape index (κ1) is 52.2. The summed E-state index contributed by atoms with van der Waals surface area (Å²) in [5.41, 5.74) is -0.268. The average Bonchev–Trinajstić information content (AvgIpc) is 3.77. The Morgan fingerprint density at radius 2 is 1.00 bits per heavy atom. The lowest BCUT2D eigenvalue weighted by molar-refractivity contribution is -0.193. The molecule has 4 aromatic carbocycles. The van der Waals surface area contributed by atoms with Crippen molar-refractivity contribution in [3.8, 4) is 0 Å². The van der Waals surface area contributed by atoms with E-state index in [0.29, 0.717) is 91.6 Å². The number of carbonyl (C=O) groups excluding carboxylic acids is 6. The highest BCUT2D eigenvalue weighted by atomic mass is 79.9. The number of piperidine rings is 2. The van der Waals surface area contributed by atoms with E-state index in [0.717, 1.165) is 23.5 Å². The Hall–Kier alpha value is -4.78. The zero-order chi connectivity index (χ0) is 48.5. The number of alkyl halides is 6. The summed E-state index contributed by atoms with van der Waals surface area (Å²) in [5, 5.41) is -0.602. The van der Waals surface area contributed by atoms with E-state index in [1.165, 1.54) is 12.1 Å². The molecular formula is C44H38Br2Cl2F6N4O8. The summed E-state index contributed by atoms with van der Waals surface area (Å²) in [4.78, 5) is 64.7. The fourth-order valence-electron chi connectivity index (χ4n) is 7.98. The molecular weight excluding hydrogens is 1060 g/mol. The molecule has 0 radical (unpaired) electrons. The van der Waals surface area contributed by atoms with Gasteiger partial charge in [0.25, 0.3) is 0 Å². The maximum atomic E-state index is 13.2. The van der Waals surface area contributed by atoms with Crippen molar-refractivity contribution in [2.75, 3.05) is 49.1 Å². The molecule has 8 rings (SSSR count). The second-order valence-electron chi connectivity index (χ2n) is 15.5. The fourth-order valence-corrected chi connectivity index (χ4v) is 9.75. The van der Waals surface area contributed by atoms with Gasteiger partial charge in [-0.05, 0) is 59.7 Å². The third-order valence-corrected chi connectivity index (χ3v) is 13.5. The van der Waals surface area contributed by atoms with Crippen LogP contribution in [0.15, 0.2) is 93.9 Å². The van der Waals surface area contributed by atoms with Gasteiger partial charge in [0.15, 0.2) is 0 Å². The molecule has 0 bridgehead atoms. The molecule has 4 aromatic rings. The standard InChI is InChI=1S/2C21H19BrClF3N2O2.2CO2/c22-17-11-18(23)16(21(24,25)26)10-14(17)12-27-8-6-20(7-9-27)13-28(19(29)30-20)15-4-2-1-3-5-15;22-17-7-6-16(21(24,25)26)18(23)15(17)12-27-10-8-20(9-11-27)13-28(19(29)30-20)14-4-2-1-3-5-14;2*2-1-3/h1-5,10-11H,6-9,12-13H2;1-7H,8-13H2;;. The van der Waals surface area contributed by atoms with Crippen molar-refractivity contribution in [1.82, 2.24) is 9.80 Å². The quantitative estimate of drug-likeness (QED) is 0.172. The number of anilines is 2. The Balaban J connectivity index is 0.000000221. The molecule has 352 valence electrons. The van der Waals surface area contributed by atoms with Gasteiger partial charge in [-0.3, -0.25) is 19.6 Å². The minimum absolute atomic E-state index is 0.250. The van der Waals surface area contributed by atoms with Gasteiger partial charge in [-0.15, -0.1) is 0 Å². The number of halogens is 10. The first-order chi connectivity index (χ1) is 31.2. The van der Waals surface area contributed by atoms with Crippen molar-refractivity contribution >= 4 is 90.9 Å². The number of hydrogen-bond donors (Lipinski definition) is 0. The minimum Gasteiger partial charge on any atom is -0.441 e. The zero-order valence-electron chi connectivity index (χ0n) is 34.4. The van der Waals surface area contributed by atoms with E-state index in [1.807, 2.05) is 65.6 Å². The van der Waals surface area contributed by atoms with Crippen LogP contribution in [0.4, 0.5) is 47.3 Å². The summed E-state index contributed by atoms with van der Waals surface area (Å²) in [6.07, 6.45) is -6.76. The molecule has 4 saturated heterocycles. The van der Waals surface area contributed by atoms with E-state index >= 15 is 0 Å². The Morgan fingerprint density at radius 1 is 0.591 bits per heavy atom. The Bertz CT molecular complexity index is 2390. The molecule has 2 amide bonds. The van der Waals surface area contributed by atoms with Crippen LogP contribution in [0, 0.1) is 0 Å². The van der Waals surface area contributed by atoms with Crippen molar-refractivity contribution in [3.05, 3.63) is 126 Å². The number of ether oxygens (including phenoxy) is 2. The van der Waals surface area contributed by atoms with E-state index in [1.54, 1.807) is 9.80 Å². The van der Waals surface area contributed by atoms with Crippen LogP contribution in [0.1, 0.15) is 47.9 Å². The number of para-hydroxylation sites is 2. The van der Waals surface area contributed by atoms with E-state index in [-0.39, 0.29) is 41.1 Å². The van der Waals surface area contributed by atoms with Gasteiger partial charge in [-0.2, -0.15) is 45.5 Å². The van der Waals surface area contributed by atoms with Crippen LogP contribution in [-0.2, 0) is 54.1 Å². The van der Waals surface area contributed by atoms with Crippen LogP contribution in [0.2, 0.25) is 10.0 Å².